The van der Waals surface area contributed by atoms with Crippen LogP contribution in [0.5, 0.6) is 11.5 Å². The van der Waals surface area contributed by atoms with Crippen LogP contribution < -0.4 is 14.8 Å². The number of carbonyl (C=O) groups is 1. The first kappa shape index (κ1) is 19.2. The maximum absolute atomic E-state index is 14.3. The molecule has 0 unspecified atom stereocenters. The van der Waals surface area contributed by atoms with E-state index in [4.69, 9.17) is 9.47 Å². The molecule has 1 heterocycles. The van der Waals surface area contributed by atoms with Gasteiger partial charge in [-0.1, -0.05) is 12.1 Å². The number of amides is 1. The molecule has 1 amide bonds. The van der Waals surface area contributed by atoms with Crippen LogP contribution in [-0.4, -0.2) is 29.2 Å². The van der Waals surface area contributed by atoms with Gasteiger partial charge in [0.15, 0.2) is 18.1 Å². The van der Waals surface area contributed by atoms with Gasteiger partial charge in [0.1, 0.15) is 5.82 Å². The maximum Gasteiger partial charge on any atom is 0.262 e. The Morgan fingerprint density at radius 2 is 2.14 bits per heavy atom. The fourth-order valence-electron chi connectivity index (χ4n) is 2.66. The van der Waals surface area contributed by atoms with E-state index in [0.29, 0.717) is 29.3 Å². The van der Waals surface area contributed by atoms with Crippen molar-refractivity contribution in [3.63, 3.8) is 0 Å². The summed E-state index contributed by atoms with van der Waals surface area (Å²) < 4.78 is 26.6. The Hall–Kier alpha value is -3.61. The Morgan fingerprint density at radius 3 is 2.82 bits per heavy atom. The zero-order chi connectivity index (χ0) is 19.9. The molecule has 0 saturated carbocycles. The van der Waals surface area contributed by atoms with Crippen molar-refractivity contribution in [2.75, 3.05) is 19.0 Å². The van der Waals surface area contributed by atoms with E-state index in [1.807, 2.05) is 12.1 Å². The molecular weight excluding hydrogens is 361 g/mol. The number of nitrogens with one attached hydrogen (secondary N) is 1. The molecule has 3 aromatic rings. The SMILES string of the molecule is C=CCc1ccc(OCC(=O)Nc2ccc(-n3ccnc3)c(F)c2)c(OC)c1. The fraction of sp³-hybridized carbons (Fsp3) is 0.143. The summed E-state index contributed by atoms with van der Waals surface area (Å²) >= 11 is 0. The fourth-order valence-corrected chi connectivity index (χ4v) is 2.66. The number of allylic oxidation sites excluding steroid dienone is 1. The Bertz CT molecular complexity index is 971. The average molecular weight is 381 g/mol. The van der Waals surface area contributed by atoms with Crippen molar-refractivity contribution in [2.45, 2.75) is 6.42 Å². The maximum atomic E-state index is 14.3. The number of aromatic nitrogens is 2. The Morgan fingerprint density at radius 1 is 1.29 bits per heavy atom. The molecule has 3 rings (SSSR count). The van der Waals surface area contributed by atoms with Crippen LogP contribution in [0.2, 0.25) is 0 Å². The first-order valence-corrected chi connectivity index (χ1v) is 8.59. The number of anilines is 1. The molecule has 0 aliphatic rings. The molecule has 0 aliphatic heterocycles. The number of rotatable bonds is 8. The molecular formula is C21H20FN3O3. The summed E-state index contributed by atoms with van der Waals surface area (Å²) in [6.45, 7) is 3.47. The van der Waals surface area contributed by atoms with Crippen LogP contribution in [0.3, 0.4) is 0 Å². The molecule has 1 aromatic heterocycles. The molecule has 1 N–H and O–H groups in total. The number of hydrogen-bond acceptors (Lipinski definition) is 4. The van der Waals surface area contributed by atoms with E-state index >= 15 is 0 Å². The van der Waals surface area contributed by atoms with E-state index in [2.05, 4.69) is 16.9 Å². The van der Waals surface area contributed by atoms with Crippen LogP contribution in [0.25, 0.3) is 5.69 Å². The Kier molecular flexibility index (Phi) is 6.06. The molecule has 28 heavy (non-hydrogen) atoms. The van der Waals surface area contributed by atoms with Gasteiger partial charge >= 0.3 is 0 Å². The lowest BCUT2D eigenvalue weighted by Crippen LogP contribution is -2.20. The predicted molar refractivity (Wildman–Crippen MR) is 105 cm³/mol. The van der Waals surface area contributed by atoms with Gasteiger partial charge in [0.25, 0.3) is 5.91 Å². The first-order chi connectivity index (χ1) is 13.6. The van der Waals surface area contributed by atoms with Gasteiger partial charge in [-0.05, 0) is 42.3 Å². The van der Waals surface area contributed by atoms with Crippen molar-refractivity contribution >= 4 is 11.6 Å². The summed E-state index contributed by atoms with van der Waals surface area (Å²) in [6, 6.07) is 9.87. The Balaban J connectivity index is 1.62. The molecule has 0 fully saturated rings. The standard InChI is InChI=1S/C21H20FN3O3/c1-3-4-15-5-8-19(20(11-15)27-2)28-13-21(26)24-16-6-7-18(17(22)12-16)25-10-9-23-14-25/h3,5-12,14H,1,4,13H2,2H3,(H,24,26). The van der Waals surface area contributed by atoms with Gasteiger partial charge in [-0.15, -0.1) is 6.58 Å². The topological polar surface area (TPSA) is 65.4 Å². The summed E-state index contributed by atoms with van der Waals surface area (Å²) in [4.78, 5) is 16.0. The Labute approximate surface area is 162 Å². The van der Waals surface area contributed by atoms with Gasteiger partial charge in [0, 0.05) is 18.1 Å². The van der Waals surface area contributed by atoms with Crippen molar-refractivity contribution in [1.29, 1.82) is 0 Å². The lowest BCUT2D eigenvalue weighted by Gasteiger charge is -2.12. The van der Waals surface area contributed by atoms with Crippen LogP contribution in [0.1, 0.15) is 5.56 Å². The van der Waals surface area contributed by atoms with E-state index in [1.54, 1.807) is 41.2 Å². The lowest BCUT2D eigenvalue weighted by molar-refractivity contribution is -0.118. The third-order valence-electron chi connectivity index (χ3n) is 3.98. The highest BCUT2D eigenvalue weighted by Crippen LogP contribution is 2.28. The minimum Gasteiger partial charge on any atom is -0.493 e. The smallest absolute Gasteiger partial charge is 0.262 e. The summed E-state index contributed by atoms with van der Waals surface area (Å²) in [5.41, 5.74) is 1.71. The number of methoxy groups -OCH3 is 1. The van der Waals surface area contributed by atoms with Crippen molar-refractivity contribution in [2.24, 2.45) is 0 Å². The van der Waals surface area contributed by atoms with Crippen LogP contribution in [0.4, 0.5) is 10.1 Å². The highest BCUT2D eigenvalue weighted by molar-refractivity contribution is 5.92. The molecule has 6 nitrogen and oxygen atoms in total. The largest absolute Gasteiger partial charge is 0.493 e. The molecule has 0 bridgehead atoms. The minimum absolute atomic E-state index is 0.234. The van der Waals surface area contributed by atoms with E-state index < -0.39 is 11.7 Å². The quantitative estimate of drug-likeness (QED) is 0.604. The summed E-state index contributed by atoms with van der Waals surface area (Å²) in [5.74, 6) is 0.0955. The van der Waals surface area contributed by atoms with Crippen molar-refractivity contribution in [3.8, 4) is 17.2 Å². The van der Waals surface area contributed by atoms with Gasteiger partial charge in [0.05, 0.1) is 19.1 Å². The summed E-state index contributed by atoms with van der Waals surface area (Å²) in [7, 11) is 1.53. The predicted octanol–water partition coefficient (Wildman–Crippen LogP) is 3.77. The number of imidazole rings is 1. The molecule has 0 aliphatic carbocycles. The zero-order valence-corrected chi connectivity index (χ0v) is 15.4. The summed E-state index contributed by atoms with van der Waals surface area (Å²) in [6.07, 6.45) is 7.19. The molecule has 144 valence electrons. The normalized spacial score (nSPS) is 10.4. The first-order valence-electron chi connectivity index (χ1n) is 8.59. The second-order valence-corrected chi connectivity index (χ2v) is 5.95. The highest BCUT2D eigenvalue weighted by Gasteiger charge is 2.11. The van der Waals surface area contributed by atoms with Gasteiger partial charge in [0.2, 0.25) is 0 Å². The number of halogens is 1. The van der Waals surface area contributed by atoms with Gasteiger partial charge in [-0.25, -0.2) is 9.37 Å². The van der Waals surface area contributed by atoms with Crippen molar-refractivity contribution < 1.29 is 18.7 Å². The van der Waals surface area contributed by atoms with Crippen molar-refractivity contribution in [1.82, 2.24) is 9.55 Å². The van der Waals surface area contributed by atoms with Crippen molar-refractivity contribution in [3.05, 3.63) is 79.2 Å². The highest BCUT2D eigenvalue weighted by atomic mass is 19.1. The molecule has 0 radical (unpaired) electrons. The number of benzene rings is 2. The van der Waals surface area contributed by atoms with Crippen LogP contribution in [0, 0.1) is 5.82 Å². The van der Waals surface area contributed by atoms with E-state index in [9.17, 15) is 9.18 Å². The second kappa shape index (κ2) is 8.85. The van der Waals surface area contributed by atoms with E-state index in [0.717, 1.165) is 5.56 Å². The number of hydrogen-bond donors (Lipinski definition) is 1. The van der Waals surface area contributed by atoms with Gasteiger partial charge in [-0.2, -0.15) is 0 Å². The lowest BCUT2D eigenvalue weighted by atomic mass is 10.1. The van der Waals surface area contributed by atoms with E-state index in [-0.39, 0.29) is 6.61 Å². The molecule has 0 atom stereocenters. The molecule has 2 aromatic carbocycles. The van der Waals surface area contributed by atoms with Crippen LogP contribution in [0.15, 0.2) is 67.8 Å². The number of nitrogens with zero attached hydrogens (tertiary/aromatic N) is 2. The van der Waals surface area contributed by atoms with Crippen LogP contribution in [-0.2, 0) is 11.2 Å². The van der Waals surface area contributed by atoms with Crippen LogP contribution >= 0.6 is 0 Å². The second-order valence-electron chi connectivity index (χ2n) is 5.95. The summed E-state index contributed by atoms with van der Waals surface area (Å²) in [5, 5.41) is 2.61. The average Bonchev–Trinajstić information content (AvgIpc) is 3.21. The number of ether oxygens (including phenoxy) is 2. The van der Waals surface area contributed by atoms with Gasteiger partial charge < -0.3 is 19.4 Å². The third-order valence-corrected chi connectivity index (χ3v) is 3.98. The third kappa shape index (κ3) is 4.56. The van der Waals surface area contributed by atoms with E-state index in [1.165, 1.54) is 19.5 Å². The molecule has 0 saturated heterocycles. The van der Waals surface area contributed by atoms with Gasteiger partial charge in [-0.3, -0.25) is 4.79 Å². The minimum atomic E-state index is -0.476. The number of carbonyl (C=O) groups excluding carboxylic acids is 1. The monoisotopic (exact) mass is 381 g/mol. The molecule has 7 heteroatoms. The molecule has 0 spiro atoms. The zero-order valence-electron chi connectivity index (χ0n) is 15.4.